The van der Waals surface area contributed by atoms with E-state index in [-0.39, 0.29) is 6.10 Å². The molecule has 0 aromatic heterocycles. The van der Waals surface area contributed by atoms with Crippen LogP contribution in [0.5, 0.6) is 5.75 Å². The molecule has 0 bridgehead atoms. The molecule has 0 unspecified atom stereocenters. The summed E-state index contributed by atoms with van der Waals surface area (Å²) in [5.74, 6) is 0.805. The van der Waals surface area contributed by atoms with Crippen molar-refractivity contribution >= 4 is 17.3 Å². The molecule has 0 fully saturated rings. The number of hydrogen-bond donors (Lipinski definition) is 1. The van der Waals surface area contributed by atoms with Crippen molar-refractivity contribution in [2.75, 3.05) is 11.9 Å². The van der Waals surface area contributed by atoms with Gasteiger partial charge in [0, 0.05) is 12.2 Å². The van der Waals surface area contributed by atoms with Gasteiger partial charge in [-0.3, -0.25) is 0 Å². The second kappa shape index (κ2) is 7.20. The van der Waals surface area contributed by atoms with Crippen LogP contribution in [0.1, 0.15) is 19.4 Å². The zero-order valence-corrected chi connectivity index (χ0v) is 12.7. The molecule has 0 amide bonds. The Labute approximate surface area is 125 Å². The quantitative estimate of drug-likeness (QED) is 0.826. The minimum atomic E-state index is 0.121. The second-order valence-electron chi connectivity index (χ2n) is 4.94. The normalized spacial score (nSPS) is 10.6. The van der Waals surface area contributed by atoms with E-state index in [0.717, 1.165) is 30.0 Å². The highest BCUT2D eigenvalue weighted by Crippen LogP contribution is 2.30. The number of ether oxygens (including phenoxy) is 1. The number of anilines is 1. The highest BCUT2D eigenvalue weighted by Gasteiger charge is 2.09. The summed E-state index contributed by atoms with van der Waals surface area (Å²) < 4.78 is 5.82. The molecule has 20 heavy (non-hydrogen) atoms. The van der Waals surface area contributed by atoms with Crippen LogP contribution >= 0.6 is 11.6 Å². The zero-order chi connectivity index (χ0) is 14.4. The van der Waals surface area contributed by atoms with Gasteiger partial charge in [0.1, 0.15) is 5.75 Å². The molecule has 0 saturated carbocycles. The van der Waals surface area contributed by atoms with Crippen molar-refractivity contribution in [1.29, 1.82) is 0 Å². The molecule has 2 aromatic carbocycles. The molecule has 1 N–H and O–H groups in total. The number of benzene rings is 2. The second-order valence-corrected chi connectivity index (χ2v) is 5.34. The summed E-state index contributed by atoms with van der Waals surface area (Å²) in [7, 11) is 0. The number of rotatable bonds is 6. The van der Waals surface area contributed by atoms with Crippen LogP contribution in [-0.4, -0.2) is 12.6 Å². The van der Waals surface area contributed by atoms with E-state index in [9.17, 15) is 0 Å². The Hall–Kier alpha value is -1.67. The minimum absolute atomic E-state index is 0.121. The molecule has 0 spiro atoms. The average Bonchev–Trinajstić information content (AvgIpc) is 2.43. The largest absolute Gasteiger partial charge is 0.489 e. The summed E-state index contributed by atoms with van der Waals surface area (Å²) in [4.78, 5) is 0. The van der Waals surface area contributed by atoms with Crippen molar-refractivity contribution in [3.8, 4) is 5.75 Å². The van der Waals surface area contributed by atoms with Crippen molar-refractivity contribution in [2.24, 2.45) is 0 Å². The third-order valence-corrected chi connectivity index (χ3v) is 3.20. The predicted octanol–water partition coefficient (Wildman–Crippen LogP) is 4.78. The van der Waals surface area contributed by atoms with Gasteiger partial charge < -0.3 is 10.1 Å². The van der Waals surface area contributed by atoms with E-state index >= 15 is 0 Å². The molecule has 2 rings (SSSR count). The van der Waals surface area contributed by atoms with Crippen molar-refractivity contribution in [2.45, 2.75) is 26.4 Å². The Balaban J connectivity index is 2.00. The van der Waals surface area contributed by atoms with Gasteiger partial charge in [-0.1, -0.05) is 41.9 Å². The molecule has 0 saturated heterocycles. The maximum absolute atomic E-state index is 6.22. The third-order valence-electron chi connectivity index (χ3n) is 2.90. The molecule has 2 aromatic rings. The third kappa shape index (κ3) is 4.17. The zero-order valence-electron chi connectivity index (χ0n) is 11.9. The van der Waals surface area contributed by atoms with Gasteiger partial charge in [0.25, 0.3) is 0 Å². The lowest BCUT2D eigenvalue weighted by Gasteiger charge is -2.16. The van der Waals surface area contributed by atoms with Crippen LogP contribution in [0, 0.1) is 0 Å². The lowest BCUT2D eigenvalue weighted by Crippen LogP contribution is -2.10. The van der Waals surface area contributed by atoms with Gasteiger partial charge >= 0.3 is 0 Å². The fraction of sp³-hybridized carbons (Fsp3) is 0.294. The molecular weight excluding hydrogens is 270 g/mol. The van der Waals surface area contributed by atoms with Crippen LogP contribution in [0.15, 0.2) is 48.5 Å². The standard InChI is InChI=1S/C17H20ClNO/c1-13(2)20-17-14(7-6-10-16(17)18)11-12-19-15-8-4-3-5-9-15/h3-10,13,19H,11-12H2,1-2H3. The predicted molar refractivity (Wildman–Crippen MR) is 85.9 cm³/mol. The van der Waals surface area contributed by atoms with Crippen LogP contribution in [-0.2, 0) is 6.42 Å². The van der Waals surface area contributed by atoms with Crippen LogP contribution in [0.25, 0.3) is 0 Å². The van der Waals surface area contributed by atoms with Gasteiger partial charge in [0.05, 0.1) is 11.1 Å². The maximum atomic E-state index is 6.22. The molecule has 0 aliphatic heterocycles. The number of nitrogens with one attached hydrogen (secondary N) is 1. The molecule has 0 radical (unpaired) electrons. The molecule has 0 aliphatic carbocycles. The van der Waals surface area contributed by atoms with E-state index < -0.39 is 0 Å². The van der Waals surface area contributed by atoms with E-state index in [1.54, 1.807) is 0 Å². The first-order valence-electron chi connectivity index (χ1n) is 6.90. The first-order chi connectivity index (χ1) is 9.66. The molecule has 0 heterocycles. The molecular formula is C17H20ClNO. The summed E-state index contributed by atoms with van der Waals surface area (Å²) in [5.41, 5.74) is 2.26. The average molecular weight is 290 g/mol. The SMILES string of the molecule is CC(C)Oc1c(Cl)cccc1CCNc1ccccc1. The van der Waals surface area contributed by atoms with Gasteiger partial charge in [-0.05, 0) is 44.0 Å². The van der Waals surface area contributed by atoms with Crippen molar-refractivity contribution < 1.29 is 4.74 Å². The lowest BCUT2D eigenvalue weighted by atomic mass is 10.1. The van der Waals surface area contributed by atoms with E-state index in [2.05, 4.69) is 23.5 Å². The highest BCUT2D eigenvalue weighted by atomic mass is 35.5. The number of halogens is 1. The van der Waals surface area contributed by atoms with E-state index in [4.69, 9.17) is 16.3 Å². The van der Waals surface area contributed by atoms with Gasteiger partial charge in [-0.15, -0.1) is 0 Å². The van der Waals surface area contributed by atoms with E-state index in [1.165, 1.54) is 0 Å². The Morgan fingerprint density at radius 3 is 2.50 bits per heavy atom. The Morgan fingerprint density at radius 2 is 1.80 bits per heavy atom. The van der Waals surface area contributed by atoms with Gasteiger partial charge in [-0.25, -0.2) is 0 Å². The molecule has 0 atom stereocenters. The van der Waals surface area contributed by atoms with Crippen LogP contribution in [0.3, 0.4) is 0 Å². The first-order valence-corrected chi connectivity index (χ1v) is 7.27. The smallest absolute Gasteiger partial charge is 0.141 e. The van der Waals surface area contributed by atoms with E-state index in [1.807, 2.05) is 44.2 Å². The maximum Gasteiger partial charge on any atom is 0.141 e. The summed E-state index contributed by atoms with van der Waals surface area (Å²) in [6.45, 7) is 4.86. The van der Waals surface area contributed by atoms with Crippen molar-refractivity contribution in [3.05, 3.63) is 59.1 Å². The van der Waals surface area contributed by atoms with Crippen LogP contribution in [0.2, 0.25) is 5.02 Å². The van der Waals surface area contributed by atoms with E-state index in [0.29, 0.717) is 5.02 Å². The van der Waals surface area contributed by atoms with Crippen LogP contribution < -0.4 is 10.1 Å². The molecule has 2 nitrogen and oxygen atoms in total. The Morgan fingerprint density at radius 1 is 1.05 bits per heavy atom. The minimum Gasteiger partial charge on any atom is -0.489 e. The first kappa shape index (κ1) is 14.7. The van der Waals surface area contributed by atoms with Gasteiger partial charge in [0.15, 0.2) is 0 Å². The summed E-state index contributed by atoms with van der Waals surface area (Å²) >= 11 is 6.22. The summed E-state index contributed by atoms with van der Waals surface area (Å²) in [5, 5.41) is 4.07. The topological polar surface area (TPSA) is 21.3 Å². The fourth-order valence-electron chi connectivity index (χ4n) is 2.02. The van der Waals surface area contributed by atoms with Gasteiger partial charge in [-0.2, -0.15) is 0 Å². The highest BCUT2D eigenvalue weighted by molar-refractivity contribution is 6.32. The molecule has 3 heteroatoms. The molecule has 0 aliphatic rings. The fourth-order valence-corrected chi connectivity index (χ4v) is 2.25. The van der Waals surface area contributed by atoms with Crippen molar-refractivity contribution in [3.63, 3.8) is 0 Å². The monoisotopic (exact) mass is 289 g/mol. The Bertz CT molecular complexity index is 540. The summed E-state index contributed by atoms with van der Waals surface area (Å²) in [6, 6.07) is 16.1. The van der Waals surface area contributed by atoms with Crippen LogP contribution in [0.4, 0.5) is 5.69 Å². The number of hydrogen-bond acceptors (Lipinski definition) is 2. The van der Waals surface area contributed by atoms with Crippen molar-refractivity contribution in [1.82, 2.24) is 0 Å². The summed E-state index contributed by atoms with van der Waals surface area (Å²) in [6.07, 6.45) is 0.994. The lowest BCUT2D eigenvalue weighted by molar-refractivity contribution is 0.240. The van der Waals surface area contributed by atoms with Gasteiger partial charge in [0.2, 0.25) is 0 Å². The Kier molecular flexibility index (Phi) is 5.31. The number of para-hydroxylation sites is 2. The molecule has 106 valence electrons.